The Morgan fingerprint density at radius 3 is 2.90 bits per heavy atom. The average Bonchev–Trinajstić information content (AvgIpc) is 3.19. The Labute approximate surface area is 128 Å². The summed E-state index contributed by atoms with van der Waals surface area (Å²) in [5, 5.41) is 3.55. The van der Waals surface area contributed by atoms with Gasteiger partial charge in [-0.2, -0.15) is 0 Å². The molecule has 3 nitrogen and oxygen atoms in total. The molecule has 4 heteroatoms. The van der Waals surface area contributed by atoms with E-state index in [0.29, 0.717) is 6.04 Å². The number of aryl methyl sites for hydroxylation is 1. The van der Waals surface area contributed by atoms with Crippen LogP contribution in [0.15, 0.2) is 53.4 Å². The Bertz CT molecular complexity index is 703. The summed E-state index contributed by atoms with van der Waals surface area (Å²) in [6.07, 6.45) is 4.28. The molecule has 3 rings (SSSR count). The summed E-state index contributed by atoms with van der Waals surface area (Å²) in [7, 11) is 0. The van der Waals surface area contributed by atoms with Crippen molar-refractivity contribution >= 4 is 17.0 Å². The van der Waals surface area contributed by atoms with Crippen molar-refractivity contribution in [2.75, 3.05) is 5.32 Å². The number of nitrogens with zero attached hydrogens (tertiary/aromatic N) is 1. The lowest BCUT2D eigenvalue weighted by Gasteiger charge is -2.14. The third-order valence-electron chi connectivity index (χ3n) is 3.42. The molecule has 0 aliphatic rings. The zero-order valence-corrected chi connectivity index (χ0v) is 13.0. The van der Waals surface area contributed by atoms with E-state index < -0.39 is 0 Å². The third-order valence-corrected chi connectivity index (χ3v) is 4.83. The Morgan fingerprint density at radius 2 is 2.19 bits per heavy atom. The van der Waals surface area contributed by atoms with Gasteiger partial charge >= 0.3 is 0 Å². The van der Waals surface area contributed by atoms with Gasteiger partial charge in [0.1, 0.15) is 0 Å². The lowest BCUT2D eigenvalue weighted by molar-refractivity contribution is 0.572. The van der Waals surface area contributed by atoms with E-state index in [0.717, 1.165) is 23.4 Å². The van der Waals surface area contributed by atoms with Crippen molar-refractivity contribution in [2.45, 2.75) is 26.3 Å². The van der Waals surface area contributed by atoms with Crippen molar-refractivity contribution in [2.24, 2.45) is 0 Å². The first kappa shape index (κ1) is 13.9. The number of nitrogens with one attached hydrogen (secondary N) is 1. The average molecular weight is 298 g/mol. The SMILES string of the molecule is CCc1ccc(C(C)Nc2cccc(-c3cnco3)c2)s1. The van der Waals surface area contributed by atoms with Crippen LogP contribution in [-0.2, 0) is 6.42 Å². The van der Waals surface area contributed by atoms with Gasteiger partial charge in [0.15, 0.2) is 12.2 Å². The van der Waals surface area contributed by atoms with Crippen molar-refractivity contribution in [1.29, 1.82) is 0 Å². The van der Waals surface area contributed by atoms with Crippen molar-refractivity contribution in [3.05, 3.63) is 58.7 Å². The molecule has 0 amide bonds. The van der Waals surface area contributed by atoms with Crippen LogP contribution in [0.3, 0.4) is 0 Å². The second kappa shape index (κ2) is 6.14. The van der Waals surface area contributed by atoms with Crippen molar-refractivity contribution in [3.63, 3.8) is 0 Å². The molecule has 3 aromatic rings. The van der Waals surface area contributed by atoms with Gasteiger partial charge in [-0.25, -0.2) is 4.98 Å². The van der Waals surface area contributed by atoms with E-state index in [2.05, 4.69) is 48.4 Å². The second-order valence-electron chi connectivity index (χ2n) is 4.97. The number of aromatic nitrogens is 1. The Morgan fingerprint density at radius 1 is 1.29 bits per heavy atom. The quantitative estimate of drug-likeness (QED) is 0.709. The first-order chi connectivity index (χ1) is 10.3. The molecule has 0 saturated heterocycles. The maximum atomic E-state index is 5.35. The van der Waals surface area contributed by atoms with E-state index in [4.69, 9.17) is 4.42 Å². The summed E-state index contributed by atoms with van der Waals surface area (Å²) >= 11 is 1.87. The number of hydrogen-bond acceptors (Lipinski definition) is 4. The fourth-order valence-corrected chi connectivity index (χ4v) is 3.21. The predicted octanol–water partition coefficient (Wildman–Crippen LogP) is 5.14. The highest BCUT2D eigenvalue weighted by molar-refractivity contribution is 7.12. The molecule has 0 fully saturated rings. The van der Waals surface area contributed by atoms with Crippen molar-refractivity contribution < 1.29 is 4.42 Å². The Kier molecular flexibility index (Phi) is 4.06. The zero-order valence-electron chi connectivity index (χ0n) is 12.2. The van der Waals surface area contributed by atoms with Crippen LogP contribution in [0.25, 0.3) is 11.3 Å². The van der Waals surface area contributed by atoms with Crippen LogP contribution in [0.5, 0.6) is 0 Å². The maximum Gasteiger partial charge on any atom is 0.181 e. The molecule has 21 heavy (non-hydrogen) atoms. The molecule has 2 aromatic heterocycles. The summed E-state index contributed by atoms with van der Waals surface area (Å²) < 4.78 is 5.35. The lowest BCUT2D eigenvalue weighted by atomic mass is 10.1. The minimum absolute atomic E-state index is 0.292. The smallest absolute Gasteiger partial charge is 0.181 e. The minimum Gasteiger partial charge on any atom is -0.444 e. The van der Waals surface area contributed by atoms with E-state index in [9.17, 15) is 0 Å². The molecule has 0 aliphatic carbocycles. The summed E-state index contributed by atoms with van der Waals surface area (Å²) in [6, 6.07) is 12.9. The van der Waals surface area contributed by atoms with E-state index >= 15 is 0 Å². The van der Waals surface area contributed by atoms with Crippen LogP contribution in [0.4, 0.5) is 5.69 Å². The fourth-order valence-electron chi connectivity index (χ4n) is 2.26. The number of hydrogen-bond donors (Lipinski definition) is 1. The standard InChI is InChI=1S/C17H18N2OS/c1-3-15-7-8-17(21-15)12(2)19-14-6-4-5-13(9-14)16-10-18-11-20-16/h4-12,19H,3H2,1-2H3. The summed E-state index contributed by atoms with van der Waals surface area (Å²) in [5.41, 5.74) is 2.12. The van der Waals surface area contributed by atoms with Crippen LogP contribution in [0.1, 0.15) is 29.6 Å². The Balaban J connectivity index is 1.77. The van der Waals surface area contributed by atoms with Gasteiger partial charge in [0, 0.05) is 21.0 Å². The maximum absolute atomic E-state index is 5.35. The van der Waals surface area contributed by atoms with Crippen molar-refractivity contribution in [1.82, 2.24) is 4.98 Å². The summed E-state index contributed by atoms with van der Waals surface area (Å²) in [4.78, 5) is 6.75. The molecule has 2 heterocycles. The van der Waals surface area contributed by atoms with E-state index in [-0.39, 0.29) is 0 Å². The third kappa shape index (κ3) is 3.16. The molecule has 1 unspecified atom stereocenters. The number of thiophene rings is 1. The van der Waals surface area contributed by atoms with Gasteiger partial charge in [0.25, 0.3) is 0 Å². The number of anilines is 1. The fraction of sp³-hybridized carbons (Fsp3) is 0.235. The zero-order chi connectivity index (χ0) is 14.7. The molecule has 1 atom stereocenters. The highest BCUT2D eigenvalue weighted by Crippen LogP contribution is 2.28. The molecular weight excluding hydrogens is 280 g/mol. The monoisotopic (exact) mass is 298 g/mol. The van der Waals surface area contributed by atoms with Crippen LogP contribution < -0.4 is 5.32 Å². The van der Waals surface area contributed by atoms with Gasteiger partial charge in [0.2, 0.25) is 0 Å². The van der Waals surface area contributed by atoms with E-state index in [1.165, 1.54) is 16.1 Å². The normalized spacial score (nSPS) is 12.3. The topological polar surface area (TPSA) is 38.1 Å². The van der Waals surface area contributed by atoms with Crippen LogP contribution in [0.2, 0.25) is 0 Å². The van der Waals surface area contributed by atoms with Gasteiger partial charge < -0.3 is 9.73 Å². The highest BCUT2D eigenvalue weighted by atomic mass is 32.1. The molecule has 1 aromatic carbocycles. The molecule has 0 radical (unpaired) electrons. The molecular formula is C17H18N2OS. The molecule has 0 saturated carbocycles. The molecule has 0 aliphatic heterocycles. The van der Waals surface area contributed by atoms with Crippen LogP contribution in [0, 0.1) is 0 Å². The first-order valence-corrected chi connectivity index (χ1v) is 7.92. The van der Waals surface area contributed by atoms with Gasteiger partial charge in [-0.3, -0.25) is 0 Å². The van der Waals surface area contributed by atoms with Crippen LogP contribution in [-0.4, -0.2) is 4.98 Å². The highest BCUT2D eigenvalue weighted by Gasteiger charge is 2.09. The van der Waals surface area contributed by atoms with Crippen LogP contribution >= 0.6 is 11.3 Å². The van der Waals surface area contributed by atoms with E-state index in [1.54, 1.807) is 6.20 Å². The lowest BCUT2D eigenvalue weighted by Crippen LogP contribution is -2.04. The first-order valence-electron chi connectivity index (χ1n) is 7.10. The molecule has 0 spiro atoms. The van der Waals surface area contributed by atoms with E-state index in [1.807, 2.05) is 23.5 Å². The summed E-state index contributed by atoms with van der Waals surface area (Å²) in [5.74, 6) is 0.788. The summed E-state index contributed by atoms with van der Waals surface area (Å²) in [6.45, 7) is 4.38. The van der Waals surface area contributed by atoms with Gasteiger partial charge in [-0.15, -0.1) is 11.3 Å². The predicted molar refractivity (Wildman–Crippen MR) is 87.7 cm³/mol. The number of benzene rings is 1. The number of rotatable bonds is 5. The van der Waals surface area contributed by atoms with Gasteiger partial charge in [-0.05, 0) is 37.6 Å². The molecule has 0 bridgehead atoms. The van der Waals surface area contributed by atoms with Gasteiger partial charge in [0.05, 0.1) is 12.2 Å². The number of oxazole rings is 1. The minimum atomic E-state index is 0.292. The second-order valence-corrected chi connectivity index (χ2v) is 6.17. The molecule has 1 N–H and O–H groups in total. The van der Waals surface area contributed by atoms with Gasteiger partial charge in [-0.1, -0.05) is 19.1 Å². The largest absolute Gasteiger partial charge is 0.444 e. The van der Waals surface area contributed by atoms with Crippen molar-refractivity contribution in [3.8, 4) is 11.3 Å². The molecule has 108 valence electrons. The Hall–Kier alpha value is -2.07.